The van der Waals surface area contributed by atoms with Crippen molar-refractivity contribution >= 4 is 12.2 Å². The van der Waals surface area contributed by atoms with Gasteiger partial charge in [-0.15, -0.1) is 0 Å². The van der Waals surface area contributed by atoms with Crippen molar-refractivity contribution in [2.24, 2.45) is 0 Å². The van der Waals surface area contributed by atoms with Gasteiger partial charge in [-0.3, -0.25) is 9.59 Å². The summed E-state index contributed by atoms with van der Waals surface area (Å²) in [6, 6.07) is 15.7. The lowest BCUT2D eigenvalue weighted by Crippen LogP contribution is -2.23. The molecule has 1 atom stereocenters. The number of hydrogen-bond donors (Lipinski definition) is 2. The number of ether oxygens (including phenoxy) is 1. The molecule has 2 aromatic carbocycles. The number of nitrogens with one attached hydrogen (secondary N) is 2. The van der Waals surface area contributed by atoms with Crippen molar-refractivity contribution in [3.05, 3.63) is 65.2 Å². The maximum Gasteiger partial charge on any atom is 0.220 e. The zero-order valence-corrected chi connectivity index (χ0v) is 16.0. The molecule has 5 heteroatoms. The van der Waals surface area contributed by atoms with Crippen molar-refractivity contribution in [3.8, 4) is 5.75 Å². The Morgan fingerprint density at radius 1 is 1.15 bits per heavy atom. The van der Waals surface area contributed by atoms with Crippen molar-refractivity contribution < 1.29 is 14.3 Å². The maximum absolute atomic E-state index is 11.9. The Hall–Kier alpha value is -2.66. The Kier molecular flexibility index (Phi) is 8.52. The molecule has 0 aliphatic carbocycles. The average molecular weight is 368 g/mol. The number of aldehydes is 1. The van der Waals surface area contributed by atoms with E-state index in [0.29, 0.717) is 37.6 Å². The molecule has 27 heavy (non-hydrogen) atoms. The minimum absolute atomic E-state index is 0.00494. The van der Waals surface area contributed by atoms with Crippen LogP contribution in [0.1, 0.15) is 41.3 Å². The largest absolute Gasteiger partial charge is 0.494 e. The Balaban J connectivity index is 1.66. The average Bonchev–Trinajstić information content (AvgIpc) is 2.70. The number of hydrogen-bond acceptors (Lipinski definition) is 4. The van der Waals surface area contributed by atoms with E-state index < -0.39 is 0 Å². The Bertz CT molecular complexity index is 729. The maximum atomic E-state index is 11.9. The molecule has 0 saturated heterocycles. The van der Waals surface area contributed by atoms with E-state index in [4.69, 9.17) is 4.74 Å². The van der Waals surface area contributed by atoms with Gasteiger partial charge < -0.3 is 15.4 Å². The molecular formula is C22H28N2O3. The van der Waals surface area contributed by atoms with Crippen LogP contribution < -0.4 is 15.4 Å². The smallest absolute Gasteiger partial charge is 0.220 e. The number of benzene rings is 2. The lowest BCUT2D eigenvalue weighted by atomic mass is 10.1. The van der Waals surface area contributed by atoms with Crippen molar-refractivity contribution in [3.63, 3.8) is 0 Å². The molecule has 2 rings (SSSR count). The molecule has 0 saturated carbocycles. The van der Waals surface area contributed by atoms with Crippen LogP contribution in [0.15, 0.2) is 48.5 Å². The fourth-order valence-corrected chi connectivity index (χ4v) is 2.64. The molecule has 0 bridgehead atoms. The van der Waals surface area contributed by atoms with E-state index in [1.165, 1.54) is 5.56 Å². The number of amides is 1. The van der Waals surface area contributed by atoms with Gasteiger partial charge in [-0.2, -0.15) is 0 Å². The summed E-state index contributed by atoms with van der Waals surface area (Å²) in [5.41, 5.74) is 2.83. The Morgan fingerprint density at radius 3 is 2.63 bits per heavy atom. The molecule has 144 valence electrons. The highest BCUT2D eigenvalue weighted by atomic mass is 16.5. The lowest BCUT2D eigenvalue weighted by Gasteiger charge is -2.12. The highest BCUT2D eigenvalue weighted by Crippen LogP contribution is 2.15. The quantitative estimate of drug-likeness (QED) is 0.472. The fourth-order valence-electron chi connectivity index (χ4n) is 2.64. The monoisotopic (exact) mass is 368 g/mol. The molecule has 1 amide bonds. The highest BCUT2D eigenvalue weighted by molar-refractivity contribution is 5.76. The molecule has 0 fully saturated rings. The Labute approximate surface area is 161 Å². The minimum Gasteiger partial charge on any atom is -0.494 e. The summed E-state index contributed by atoms with van der Waals surface area (Å²) in [6.07, 6.45) is 2.83. The first kappa shape index (κ1) is 20.6. The second-order valence-electron chi connectivity index (χ2n) is 6.63. The zero-order chi connectivity index (χ0) is 19.5. The molecule has 0 heterocycles. The van der Waals surface area contributed by atoms with Gasteiger partial charge in [0.1, 0.15) is 12.0 Å². The minimum atomic E-state index is -0.00494. The van der Waals surface area contributed by atoms with Crippen LogP contribution in [0.4, 0.5) is 0 Å². The van der Waals surface area contributed by atoms with Crippen LogP contribution in [0.25, 0.3) is 0 Å². The van der Waals surface area contributed by atoms with Crippen LogP contribution in [0.5, 0.6) is 5.75 Å². The number of carbonyl (C=O) groups is 2. The first-order valence-corrected chi connectivity index (χ1v) is 9.30. The SMILES string of the molecule is CNC(C)Cc1cccc(OCCCC(=O)NCc2ccc(C=O)cc2)c1. The zero-order valence-electron chi connectivity index (χ0n) is 16.0. The van der Waals surface area contributed by atoms with Gasteiger partial charge in [0.2, 0.25) is 5.91 Å². The van der Waals surface area contributed by atoms with Gasteiger partial charge in [0.15, 0.2) is 0 Å². The van der Waals surface area contributed by atoms with E-state index in [9.17, 15) is 9.59 Å². The topological polar surface area (TPSA) is 67.4 Å². The molecule has 0 aliphatic rings. The summed E-state index contributed by atoms with van der Waals surface area (Å²) >= 11 is 0. The first-order chi connectivity index (χ1) is 13.1. The van der Waals surface area contributed by atoms with Gasteiger partial charge in [0, 0.05) is 24.6 Å². The first-order valence-electron chi connectivity index (χ1n) is 9.30. The van der Waals surface area contributed by atoms with Crippen LogP contribution in [-0.4, -0.2) is 31.9 Å². The molecule has 0 spiro atoms. The molecule has 0 aromatic heterocycles. The van der Waals surface area contributed by atoms with Crippen LogP contribution in [-0.2, 0) is 17.8 Å². The van der Waals surface area contributed by atoms with E-state index in [0.717, 1.165) is 24.0 Å². The van der Waals surface area contributed by atoms with Gasteiger partial charge in [-0.1, -0.05) is 36.4 Å². The van der Waals surface area contributed by atoms with E-state index >= 15 is 0 Å². The van der Waals surface area contributed by atoms with Gasteiger partial charge in [0.25, 0.3) is 0 Å². The predicted molar refractivity (Wildman–Crippen MR) is 107 cm³/mol. The van der Waals surface area contributed by atoms with E-state index in [-0.39, 0.29) is 5.91 Å². The molecule has 2 aromatic rings. The fraction of sp³-hybridized carbons (Fsp3) is 0.364. The third-order valence-electron chi connectivity index (χ3n) is 4.36. The number of likely N-dealkylation sites (N-methyl/N-ethyl adjacent to an activating group) is 1. The van der Waals surface area contributed by atoms with Crippen LogP contribution in [0.2, 0.25) is 0 Å². The van der Waals surface area contributed by atoms with Gasteiger partial charge in [-0.25, -0.2) is 0 Å². The number of carbonyl (C=O) groups excluding carboxylic acids is 2. The summed E-state index contributed by atoms with van der Waals surface area (Å²) in [5.74, 6) is 0.834. The van der Waals surface area contributed by atoms with Gasteiger partial charge >= 0.3 is 0 Å². The Morgan fingerprint density at radius 2 is 1.93 bits per heavy atom. The van der Waals surface area contributed by atoms with Crippen molar-refractivity contribution in [2.45, 2.75) is 38.8 Å². The molecule has 0 aliphatic heterocycles. The summed E-state index contributed by atoms with van der Waals surface area (Å²) in [7, 11) is 1.95. The summed E-state index contributed by atoms with van der Waals surface area (Å²) in [4.78, 5) is 22.6. The van der Waals surface area contributed by atoms with Gasteiger partial charge in [0.05, 0.1) is 6.61 Å². The van der Waals surface area contributed by atoms with Crippen LogP contribution in [0, 0.1) is 0 Å². The predicted octanol–water partition coefficient (Wildman–Crippen LogP) is 3.12. The molecule has 5 nitrogen and oxygen atoms in total. The molecule has 1 unspecified atom stereocenters. The number of rotatable bonds is 11. The highest BCUT2D eigenvalue weighted by Gasteiger charge is 2.04. The van der Waals surface area contributed by atoms with Crippen LogP contribution in [0.3, 0.4) is 0 Å². The molecule has 0 radical (unpaired) electrons. The molecular weight excluding hydrogens is 340 g/mol. The third-order valence-corrected chi connectivity index (χ3v) is 4.36. The summed E-state index contributed by atoms with van der Waals surface area (Å²) in [5, 5.41) is 6.11. The van der Waals surface area contributed by atoms with E-state index in [1.807, 2.05) is 31.3 Å². The standard InChI is InChI=1S/C22H28N2O3/c1-17(23-2)13-20-5-3-6-21(14-20)27-12-4-7-22(26)24-15-18-8-10-19(16-25)11-9-18/h3,5-6,8-11,14,16-17,23H,4,7,12-13,15H2,1-2H3,(H,24,26). The summed E-state index contributed by atoms with van der Waals surface area (Å²) < 4.78 is 5.77. The third kappa shape index (κ3) is 7.62. The van der Waals surface area contributed by atoms with Crippen molar-refractivity contribution in [1.82, 2.24) is 10.6 Å². The summed E-state index contributed by atoms with van der Waals surface area (Å²) in [6.45, 7) is 3.11. The normalized spacial score (nSPS) is 11.6. The van der Waals surface area contributed by atoms with Gasteiger partial charge in [-0.05, 0) is 50.1 Å². The van der Waals surface area contributed by atoms with E-state index in [2.05, 4.69) is 29.7 Å². The second-order valence-corrected chi connectivity index (χ2v) is 6.63. The van der Waals surface area contributed by atoms with Crippen molar-refractivity contribution in [2.75, 3.05) is 13.7 Å². The van der Waals surface area contributed by atoms with Crippen molar-refractivity contribution in [1.29, 1.82) is 0 Å². The van der Waals surface area contributed by atoms with E-state index in [1.54, 1.807) is 12.1 Å². The van der Waals surface area contributed by atoms with Crippen LogP contribution >= 0.6 is 0 Å². The second kappa shape index (κ2) is 11.1. The lowest BCUT2D eigenvalue weighted by molar-refractivity contribution is -0.121. The molecule has 2 N–H and O–H groups in total.